The molecule has 1 atom stereocenters. The predicted octanol–water partition coefficient (Wildman–Crippen LogP) is 2.22. The molecule has 2 aromatic carbocycles. The number of ketones is 1. The van der Waals surface area contributed by atoms with Crippen LogP contribution in [0.2, 0.25) is 0 Å². The predicted molar refractivity (Wildman–Crippen MR) is 121 cm³/mol. The molecule has 2 N–H and O–H groups in total. The summed E-state index contributed by atoms with van der Waals surface area (Å²) in [7, 11) is -3.83. The number of carbonyl (C=O) groups is 3. The van der Waals surface area contributed by atoms with Crippen LogP contribution in [0, 0.1) is 0 Å². The number of fused-ring (bicyclic) bond motifs is 1. The molecule has 0 saturated carbocycles. The van der Waals surface area contributed by atoms with Gasteiger partial charge in [-0.1, -0.05) is 0 Å². The second kappa shape index (κ2) is 10.1. The number of amides is 1. The Morgan fingerprint density at radius 1 is 1.12 bits per heavy atom. The number of sulfonamides is 1. The molecule has 0 spiro atoms. The Morgan fingerprint density at radius 3 is 2.45 bits per heavy atom. The van der Waals surface area contributed by atoms with Crippen LogP contribution < -0.4 is 14.8 Å². The summed E-state index contributed by atoms with van der Waals surface area (Å²) >= 11 is 0. The van der Waals surface area contributed by atoms with Crippen LogP contribution in [0.25, 0.3) is 0 Å². The van der Waals surface area contributed by atoms with E-state index in [1.54, 1.807) is 30.3 Å². The first kappa shape index (κ1) is 24.4. The van der Waals surface area contributed by atoms with Gasteiger partial charge in [0.15, 0.2) is 12.4 Å². The van der Waals surface area contributed by atoms with Crippen LogP contribution in [-0.2, 0) is 30.8 Å². The van der Waals surface area contributed by atoms with Crippen LogP contribution in [0.4, 0.5) is 5.69 Å². The number of ether oxygens (including phenoxy) is 2. The second-order valence-corrected chi connectivity index (χ2v) is 9.41. The Hall–Kier alpha value is -3.24. The summed E-state index contributed by atoms with van der Waals surface area (Å²) in [6, 6.07) is 10.9. The number of carbonyl (C=O) groups excluding carboxylic acids is 3. The fraction of sp³-hybridized carbons (Fsp3) is 0.348. The average molecular weight is 475 g/mol. The van der Waals surface area contributed by atoms with Gasteiger partial charge >= 0.3 is 5.97 Å². The summed E-state index contributed by atoms with van der Waals surface area (Å²) in [6.45, 7) is 3.19. The van der Waals surface area contributed by atoms with E-state index in [1.165, 1.54) is 24.0 Å². The molecule has 0 bridgehead atoms. The van der Waals surface area contributed by atoms with Crippen LogP contribution in [-0.4, -0.2) is 45.3 Å². The highest BCUT2D eigenvalue weighted by Gasteiger charge is 2.32. The molecule has 0 saturated heterocycles. The third-order valence-electron chi connectivity index (χ3n) is 5.28. The number of esters is 1. The maximum atomic E-state index is 12.7. The number of Topliss-reactive ketones (excluding diaryl/α,β-unsaturated/α-hetero) is 1. The Morgan fingerprint density at radius 2 is 1.82 bits per heavy atom. The highest BCUT2D eigenvalue weighted by Crippen LogP contribution is 2.33. The monoisotopic (exact) mass is 474 g/mol. The lowest BCUT2D eigenvalue weighted by Crippen LogP contribution is -2.38. The van der Waals surface area contributed by atoms with Crippen molar-refractivity contribution in [2.75, 3.05) is 18.1 Å². The zero-order valence-corrected chi connectivity index (χ0v) is 19.3. The number of nitrogens with two attached hydrogens (primary N) is 1. The third-order valence-corrected chi connectivity index (χ3v) is 6.19. The van der Waals surface area contributed by atoms with Crippen molar-refractivity contribution in [3.8, 4) is 5.75 Å². The number of nitrogens with zero attached hydrogens (tertiary/aromatic N) is 1. The van der Waals surface area contributed by atoms with Crippen LogP contribution in [0.5, 0.6) is 5.75 Å². The minimum atomic E-state index is -3.83. The topological polar surface area (TPSA) is 133 Å². The third kappa shape index (κ3) is 6.17. The lowest BCUT2D eigenvalue weighted by molar-refractivity contribution is -0.148. The van der Waals surface area contributed by atoms with E-state index in [0.717, 1.165) is 0 Å². The maximum Gasteiger partial charge on any atom is 0.306 e. The van der Waals surface area contributed by atoms with Crippen LogP contribution in [0.1, 0.15) is 42.6 Å². The molecule has 176 valence electrons. The zero-order valence-electron chi connectivity index (χ0n) is 18.4. The Bertz CT molecular complexity index is 1160. The van der Waals surface area contributed by atoms with E-state index < -0.39 is 22.6 Å². The van der Waals surface area contributed by atoms with Gasteiger partial charge in [-0.2, -0.15) is 0 Å². The van der Waals surface area contributed by atoms with Crippen LogP contribution in [0.15, 0.2) is 47.4 Å². The Labute approximate surface area is 192 Å². The largest absolute Gasteiger partial charge is 0.494 e. The van der Waals surface area contributed by atoms with Crippen molar-refractivity contribution < 1.29 is 32.3 Å². The van der Waals surface area contributed by atoms with Gasteiger partial charge in [-0.05, 0) is 74.7 Å². The first-order valence-electron chi connectivity index (χ1n) is 10.4. The second-order valence-electron chi connectivity index (χ2n) is 7.85. The van der Waals surface area contributed by atoms with Gasteiger partial charge in [0.1, 0.15) is 5.75 Å². The molecule has 0 unspecified atom stereocenters. The van der Waals surface area contributed by atoms with Crippen molar-refractivity contribution in [1.82, 2.24) is 0 Å². The van der Waals surface area contributed by atoms with E-state index in [-0.39, 0.29) is 35.7 Å². The molecule has 2 aromatic rings. The zero-order chi connectivity index (χ0) is 24.2. The van der Waals surface area contributed by atoms with Gasteiger partial charge in [-0.3, -0.25) is 14.4 Å². The molecule has 1 aliphatic heterocycles. The summed E-state index contributed by atoms with van der Waals surface area (Å²) in [5.74, 6) is -0.343. The average Bonchev–Trinajstić information content (AvgIpc) is 3.09. The number of anilines is 1. The van der Waals surface area contributed by atoms with Crippen molar-refractivity contribution in [2.24, 2.45) is 5.14 Å². The highest BCUT2D eigenvalue weighted by molar-refractivity contribution is 7.89. The molecule has 0 aromatic heterocycles. The van der Waals surface area contributed by atoms with Gasteiger partial charge in [0, 0.05) is 23.7 Å². The summed E-state index contributed by atoms with van der Waals surface area (Å²) in [5.41, 5.74) is 1.87. The SMILES string of the molecule is CC(=O)c1ccc(OCCCC(=O)OCC(=O)N2c3ccc(S(N)(=O)=O)cc3C[C@H]2C)cc1. The summed E-state index contributed by atoms with van der Waals surface area (Å²) in [5, 5.41) is 5.17. The van der Waals surface area contributed by atoms with E-state index in [2.05, 4.69) is 0 Å². The quantitative estimate of drug-likeness (QED) is 0.335. The smallest absolute Gasteiger partial charge is 0.306 e. The minimum Gasteiger partial charge on any atom is -0.494 e. The first-order valence-corrected chi connectivity index (χ1v) is 12.0. The van der Waals surface area contributed by atoms with E-state index in [4.69, 9.17) is 14.6 Å². The molecule has 10 heteroatoms. The van der Waals surface area contributed by atoms with Gasteiger partial charge in [-0.25, -0.2) is 13.6 Å². The van der Waals surface area contributed by atoms with Crippen LogP contribution >= 0.6 is 0 Å². The lowest BCUT2D eigenvalue weighted by Gasteiger charge is -2.22. The van der Waals surface area contributed by atoms with Gasteiger partial charge in [0.2, 0.25) is 10.0 Å². The van der Waals surface area contributed by atoms with Crippen molar-refractivity contribution in [3.63, 3.8) is 0 Å². The number of primary sulfonamides is 1. The number of hydrogen-bond acceptors (Lipinski definition) is 7. The van der Waals surface area contributed by atoms with Gasteiger partial charge in [0.05, 0.1) is 11.5 Å². The maximum absolute atomic E-state index is 12.7. The van der Waals surface area contributed by atoms with Crippen molar-refractivity contribution in [2.45, 2.75) is 44.0 Å². The molecule has 1 amide bonds. The summed E-state index contributed by atoms with van der Waals surface area (Å²) in [4.78, 5) is 37.4. The fourth-order valence-corrected chi connectivity index (χ4v) is 4.21. The van der Waals surface area contributed by atoms with Gasteiger partial charge in [0.25, 0.3) is 5.91 Å². The summed E-state index contributed by atoms with van der Waals surface area (Å²) < 4.78 is 33.8. The number of hydrogen-bond donors (Lipinski definition) is 1. The van der Waals surface area contributed by atoms with Crippen molar-refractivity contribution >= 4 is 33.4 Å². The Kier molecular flexibility index (Phi) is 7.50. The van der Waals surface area contributed by atoms with E-state index in [1.807, 2.05) is 6.92 Å². The standard InChI is InChI=1S/C23H26N2O7S/c1-15-12-18-13-20(33(24,29)30)9-10-21(18)25(15)22(27)14-32-23(28)4-3-11-31-19-7-5-17(6-8-19)16(2)26/h5-10,13,15H,3-4,11-12,14H2,1-2H3,(H2,24,29,30)/t15-/m1/s1. The normalized spacial score (nSPS) is 15.1. The first-order chi connectivity index (χ1) is 15.6. The molecule has 3 rings (SSSR count). The summed E-state index contributed by atoms with van der Waals surface area (Å²) in [6.07, 6.45) is 0.965. The minimum absolute atomic E-state index is 0.00816. The number of rotatable bonds is 9. The molecule has 1 heterocycles. The lowest BCUT2D eigenvalue weighted by atomic mass is 10.1. The van der Waals surface area contributed by atoms with E-state index in [0.29, 0.717) is 35.4 Å². The molecule has 0 aliphatic carbocycles. The van der Waals surface area contributed by atoms with Gasteiger partial charge < -0.3 is 14.4 Å². The fourth-order valence-electron chi connectivity index (χ4n) is 3.64. The van der Waals surface area contributed by atoms with Crippen molar-refractivity contribution in [3.05, 3.63) is 53.6 Å². The van der Waals surface area contributed by atoms with Crippen molar-refractivity contribution in [1.29, 1.82) is 0 Å². The molecule has 9 nitrogen and oxygen atoms in total. The van der Waals surface area contributed by atoms with Crippen LogP contribution in [0.3, 0.4) is 0 Å². The molecule has 1 aliphatic rings. The molecule has 0 radical (unpaired) electrons. The number of benzene rings is 2. The molecule has 0 fully saturated rings. The molecule has 33 heavy (non-hydrogen) atoms. The molecular weight excluding hydrogens is 448 g/mol. The van der Waals surface area contributed by atoms with Gasteiger partial charge in [-0.15, -0.1) is 0 Å². The Balaban J connectivity index is 1.45. The van der Waals surface area contributed by atoms with E-state index in [9.17, 15) is 22.8 Å². The molecular formula is C23H26N2O7S. The van der Waals surface area contributed by atoms with E-state index >= 15 is 0 Å². The highest BCUT2D eigenvalue weighted by atomic mass is 32.2.